The summed E-state index contributed by atoms with van der Waals surface area (Å²) >= 11 is 0. The molecule has 17 heavy (non-hydrogen) atoms. The largest absolute Gasteiger partial charge is 0.547 e. The molecule has 0 radical (unpaired) electrons. The van der Waals surface area contributed by atoms with E-state index in [2.05, 4.69) is 0 Å². The minimum atomic E-state index is -2.32. The van der Waals surface area contributed by atoms with Gasteiger partial charge < -0.3 is 19.5 Å². The van der Waals surface area contributed by atoms with E-state index >= 15 is 0 Å². The van der Waals surface area contributed by atoms with Gasteiger partial charge in [0.1, 0.15) is 5.60 Å². The van der Waals surface area contributed by atoms with Crippen LogP contribution in [0.2, 0.25) is 0 Å². The van der Waals surface area contributed by atoms with Crippen molar-refractivity contribution in [2.45, 2.75) is 44.9 Å². The lowest BCUT2D eigenvalue weighted by molar-refractivity contribution is -0.321. The van der Waals surface area contributed by atoms with Gasteiger partial charge in [-0.05, 0) is 20.8 Å². The Morgan fingerprint density at radius 3 is 2.12 bits per heavy atom. The smallest absolute Gasteiger partial charge is 0.410 e. The molecular formula is C11H17FNO4-. The van der Waals surface area contributed by atoms with Crippen LogP contribution < -0.4 is 5.11 Å². The van der Waals surface area contributed by atoms with Crippen LogP contribution in [0, 0.1) is 0 Å². The lowest BCUT2D eigenvalue weighted by Gasteiger charge is -2.37. The number of piperidine rings is 1. The van der Waals surface area contributed by atoms with Gasteiger partial charge in [0.05, 0.1) is 5.97 Å². The van der Waals surface area contributed by atoms with Gasteiger partial charge in [0, 0.05) is 25.9 Å². The fourth-order valence-corrected chi connectivity index (χ4v) is 1.57. The second-order valence-electron chi connectivity index (χ2n) is 5.22. The monoisotopic (exact) mass is 246 g/mol. The standard InChI is InChI=1S/C11H18FNO4/c1-10(2,3)17-9(16)13-6-4-11(12,5-7-13)8(14)15/h4-7H2,1-3H3,(H,14,15)/p-1. The second kappa shape index (κ2) is 4.50. The number of carbonyl (C=O) groups is 2. The van der Waals surface area contributed by atoms with Crippen molar-refractivity contribution in [1.82, 2.24) is 4.90 Å². The summed E-state index contributed by atoms with van der Waals surface area (Å²) in [5, 5.41) is 10.6. The Labute approximate surface area is 99.5 Å². The number of carbonyl (C=O) groups excluding carboxylic acids is 2. The summed E-state index contributed by atoms with van der Waals surface area (Å²) in [7, 11) is 0. The van der Waals surface area contributed by atoms with Crippen LogP contribution in [-0.4, -0.2) is 41.3 Å². The molecule has 0 aromatic carbocycles. The minimum Gasteiger partial charge on any atom is -0.547 e. The molecule has 1 amide bonds. The zero-order valence-electron chi connectivity index (χ0n) is 10.3. The molecule has 0 unspecified atom stereocenters. The predicted molar refractivity (Wildman–Crippen MR) is 55.9 cm³/mol. The molecule has 1 heterocycles. The number of carboxylic acid groups (broad SMARTS) is 1. The van der Waals surface area contributed by atoms with Gasteiger partial charge >= 0.3 is 6.09 Å². The average molecular weight is 246 g/mol. The summed E-state index contributed by atoms with van der Waals surface area (Å²) in [6, 6.07) is 0. The van der Waals surface area contributed by atoms with E-state index in [4.69, 9.17) is 4.74 Å². The van der Waals surface area contributed by atoms with Crippen LogP contribution in [0.25, 0.3) is 0 Å². The van der Waals surface area contributed by atoms with Crippen molar-refractivity contribution in [1.29, 1.82) is 0 Å². The van der Waals surface area contributed by atoms with Crippen molar-refractivity contribution < 1.29 is 23.8 Å². The third kappa shape index (κ3) is 3.57. The van der Waals surface area contributed by atoms with Gasteiger partial charge in [-0.1, -0.05) is 0 Å². The van der Waals surface area contributed by atoms with Gasteiger partial charge in [-0.25, -0.2) is 9.18 Å². The number of hydrogen-bond acceptors (Lipinski definition) is 4. The Morgan fingerprint density at radius 2 is 1.76 bits per heavy atom. The number of aliphatic carboxylic acids is 1. The minimum absolute atomic E-state index is 0.0272. The summed E-state index contributed by atoms with van der Waals surface area (Å²) in [5.74, 6) is -1.71. The van der Waals surface area contributed by atoms with Gasteiger partial charge in [0.25, 0.3) is 0 Å². The van der Waals surface area contributed by atoms with E-state index in [9.17, 15) is 19.1 Å². The van der Waals surface area contributed by atoms with E-state index < -0.39 is 23.3 Å². The molecule has 1 rings (SSSR count). The quantitative estimate of drug-likeness (QED) is 0.674. The molecule has 1 fully saturated rings. The Morgan fingerprint density at radius 1 is 1.29 bits per heavy atom. The molecule has 5 nitrogen and oxygen atoms in total. The fraction of sp³-hybridized carbons (Fsp3) is 0.818. The molecule has 0 N–H and O–H groups in total. The third-order valence-corrected chi connectivity index (χ3v) is 2.57. The van der Waals surface area contributed by atoms with E-state index in [1.54, 1.807) is 20.8 Å². The Bertz CT molecular complexity index is 316. The number of hydrogen-bond donors (Lipinski definition) is 0. The van der Waals surface area contributed by atoms with Crippen LogP contribution in [0.4, 0.5) is 9.18 Å². The van der Waals surface area contributed by atoms with Crippen LogP contribution in [0.15, 0.2) is 0 Å². The van der Waals surface area contributed by atoms with Crippen molar-refractivity contribution >= 4 is 12.1 Å². The van der Waals surface area contributed by atoms with Crippen LogP contribution in [-0.2, 0) is 9.53 Å². The fourth-order valence-electron chi connectivity index (χ4n) is 1.57. The zero-order valence-corrected chi connectivity index (χ0v) is 10.3. The molecule has 0 bridgehead atoms. The highest BCUT2D eigenvalue weighted by molar-refractivity contribution is 5.76. The Hall–Kier alpha value is -1.33. The van der Waals surface area contributed by atoms with Gasteiger partial charge in [-0.15, -0.1) is 0 Å². The van der Waals surface area contributed by atoms with E-state index in [0.29, 0.717) is 0 Å². The molecule has 98 valence electrons. The van der Waals surface area contributed by atoms with Crippen LogP contribution in [0.1, 0.15) is 33.6 Å². The van der Waals surface area contributed by atoms with Crippen molar-refractivity contribution in [3.05, 3.63) is 0 Å². The summed E-state index contributed by atoms with van der Waals surface area (Å²) in [5.41, 5.74) is -2.94. The normalized spacial score (nSPS) is 19.9. The average Bonchev–Trinajstić information content (AvgIpc) is 2.15. The number of likely N-dealkylation sites (tertiary alicyclic amines) is 1. The Kier molecular flexibility index (Phi) is 3.64. The van der Waals surface area contributed by atoms with Gasteiger partial charge in [0.15, 0.2) is 5.67 Å². The maximum Gasteiger partial charge on any atom is 0.410 e. The maximum atomic E-state index is 13.6. The zero-order chi connectivity index (χ0) is 13.3. The molecule has 0 aromatic rings. The van der Waals surface area contributed by atoms with Crippen LogP contribution in [0.5, 0.6) is 0 Å². The summed E-state index contributed by atoms with van der Waals surface area (Å²) in [6.45, 7) is 5.25. The number of halogens is 1. The third-order valence-electron chi connectivity index (χ3n) is 2.57. The van der Waals surface area contributed by atoms with Crippen LogP contribution >= 0.6 is 0 Å². The molecule has 1 aliphatic heterocycles. The highest BCUT2D eigenvalue weighted by atomic mass is 19.1. The van der Waals surface area contributed by atoms with Crippen molar-refractivity contribution in [2.24, 2.45) is 0 Å². The number of amides is 1. The molecular weight excluding hydrogens is 229 g/mol. The van der Waals surface area contributed by atoms with Gasteiger partial charge in [0.2, 0.25) is 0 Å². The molecule has 0 atom stereocenters. The van der Waals surface area contributed by atoms with Crippen molar-refractivity contribution in [2.75, 3.05) is 13.1 Å². The summed E-state index contributed by atoms with van der Waals surface area (Å²) in [6.07, 6.45) is -1.05. The number of nitrogens with zero attached hydrogens (tertiary/aromatic N) is 1. The molecule has 0 aliphatic carbocycles. The molecule has 6 heteroatoms. The Balaban J connectivity index is 2.53. The summed E-state index contributed by atoms with van der Waals surface area (Å²) in [4.78, 5) is 23.5. The molecule has 0 aromatic heterocycles. The maximum absolute atomic E-state index is 13.6. The highest BCUT2D eigenvalue weighted by Gasteiger charge is 2.38. The van der Waals surface area contributed by atoms with E-state index in [0.717, 1.165) is 0 Å². The number of rotatable bonds is 1. The lowest BCUT2D eigenvalue weighted by atomic mass is 9.94. The lowest BCUT2D eigenvalue weighted by Crippen LogP contribution is -2.53. The van der Waals surface area contributed by atoms with Gasteiger partial charge in [-0.3, -0.25) is 0 Å². The first-order valence-electron chi connectivity index (χ1n) is 5.52. The topological polar surface area (TPSA) is 69.7 Å². The molecule has 0 saturated carbocycles. The van der Waals surface area contributed by atoms with Crippen LogP contribution in [0.3, 0.4) is 0 Å². The number of ether oxygens (including phenoxy) is 1. The van der Waals surface area contributed by atoms with Crippen molar-refractivity contribution in [3.63, 3.8) is 0 Å². The summed E-state index contributed by atoms with van der Waals surface area (Å²) < 4.78 is 18.7. The predicted octanol–water partition coefficient (Wildman–Crippen LogP) is 0.476. The van der Waals surface area contributed by atoms with E-state index in [1.165, 1.54) is 4.90 Å². The highest BCUT2D eigenvalue weighted by Crippen LogP contribution is 2.26. The molecule has 0 spiro atoms. The van der Waals surface area contributed by atoms with E-state index in [-0.39, 0.29) is 25.9 Å². The van der Waals surface area contributed by atoms with Gasteiger partial charge in [-0.2, -0.15) is 0 Å². The first kappa shape index (κ1) is 13.7. The first-order valence-corrected chi connectivity index (χ1v) is 5.52. The molecule has 1 aliphatic rings. The SMILES string of the molecule is CC(C)(C)OC(=O)N1CCC(F)(C(=O)[O-])CC1. The number of alkyl halides is 1. The number of carboxylic acids is 1. The second-order valence-corrected chi connectivity index (χ2v) is 5.22. The first-order chi connectivity index (χ1) is 7.64. The molecule has 1 saturated heterocycles. The van der Waals surface area contributed by atoms with E-state index in [1.807, 2.05) is 0 Å². The van der Waals surface area contributed by atoms with Crippen molar-refractivity contribution in [3.8, 4) is 0 Å².